The molecule has 0 spiro atoms. The molecule has 1 unspecified atom stereocenters. The molecular weight excluding hydrogens is 258 g/mol. The summed E-state index contributed by atoms with van der Waals surface area (Å²) in [6.45, 7) is 3.00. The van der Waals surface area contributed by atoms with Crippen molar-refractivity contribution >= 4 is 29.1 Å². The molecule has 1 aromatic rings. The number of carbonyl (C=O) groups excluding carboxylic acids is 1. The van der Waals surface area contributed by atoms with Crippen molar-refractivity contribution in [3.8, 4) is 0 Å². The van der Waals surface area contributed by atoms with Gasteiger partial charge in [0, 0.05) is 16.9 Å². The minimum atomic E-state index is -0.219. The van der Waals surface area contributed by atoms with E-state index in [4.69, 9.17) is 9.47 Å². The van der Waals surface area contributed by atoms with Crippen LogP contribution in [-0.2, 0) is 20.7 Å². The van der Waals surface area contributed by atoms with Gasteiger partial charge in [-0.25, -0.2) is 4.98 Å². The maximum atomic E-state index is 11.3. The molecule has 0 aliphatic carbocycles. The summed E-state index contributed by atoms with van der Waals surface area (Å²) in [6.07, 6.45) is 0.346. The summed E-state index contributed by atoms with van der Waals surface area (Å²) in [5.41, 5.74) is 0.780. The maximum Gasteiger partial charge on any atom is 0.311 e. The Morgan fingerprint density at radius 2 is 2.59 bits per heavy atom. The van der Waals surface area contributed by atoms with Crippen molar-refractivity contribution in [3.63, 3.8) is 0 Å². The predicted octanol–water partition coefficient (Wildman–Crippen LogP) is 2.05. The Labute approximate surface area is 109 Å². The van der Waals surface area contributed by atoms with Crippen LogP contribution >= 0.6 is 23.1 Å². The van der Waals surface area contributed by atoms with E-state index >= 15 is 0 Å². The van der Waals surface area contributed by atoms with Crippen LogP contribution in [0.2, 0.25) is 0 Å². The molecule has 0 bridgehead atoms. The molecule has 2 rings (SSSR count). The number of thioether (sulfide) groups is 1. The van der Waals surface area contributed by atoms with Gasteiger partial charge in [0.15, 0.2) is 0 Å². The van der Waals surface area contributed by atoms with Gasteiger partial charge in [-0.2, -0.15) is 11.8 Å². The van der Waals surface area contributed by atoms with Crippen molar-refractivity contribution < 1.29 is 14.3 Å². The number of esters is 1. The third kappa shape index (κ3) is 3.69. The fourth-order valence-electron chi connectivity index (χ4n) is 1.54. The van der Waals surface area contributed by atoms with E-state index in [2.05, 4.69) is 4.98 Å². The number of hydrogen-bond acceptors (Lipinski definition) is 6. The normalized spacial score (nSPS) is 20.2. The number of ether oxygens (including phenoxy) is 2. The second-order valence-electron chi connectivity index (χ2n) is 3.59. The molecule has 1 aromatic heterocycles. The van der Waals surface area contributed by atoms with Gasteiger partial charge in [-0.3, -0.25) is 4.79 Å². The third-order valence-corrected chi connectivity index (χ3v) is 4.27. The summed E-state index contributed by atoms with van der Waals surface area (Å²) in [7, 11) is 0. The van der Waals surface area contributed by atoms with Gasteiger partial charge in [-0.15, -0.1) is 11.3 Å². The van der Waals surface area contributed by atoms with Gasteiger partial charge in [-0.1, -0.05) is 0 Å². The average molecular weight is 273 g/mol. The van der Waals surface area contributed by atoms with Crippen LogP contribution in [0, 0.1) is 0 Å². The standard InChI is InChI=1S/C11H15NO3S2/c1-2-14-10(13)5-8-6-17-11(12-8)9-7-16-4-3-15-9/h6,9H,2-5,7H2,1H3. The Hall–Kier alpha value is -0.590. The summed E-state index contributed by atoms with van der Waals surface area (Å²) in [6, 6.07) is 0. The van der Waals surface area contributed by atoms with Crippen LogP contribution in [0.25, 0.3) is 0 Å². The zero-order valence-corrected chi connectivity index (χ0v) is 11.3. The first kappa shape index (κ1) is 12.9. The van der Waals surface area contributed by atoms with Gasteiger partial charge in [0.1, 0.15) is 11.1 Å². The van der Waals surface area contributed by atoms with Crippen molar-refractivity contribution in [1.82, 2.24) is 4.98 Å². The van der Waals surface area contributed by atoms with E-state index in [0.29, 0.717) is 6.61 Å². The number of carbonyl (C=O) groups is 1. The molecule has 1 fully saturated rings. The molecule has 1 aliphatic rings. The number of aromatic nitrogens is 1. The highest BCUT2D eigenvalue weighted by atomic mass is 32.2. The third-order valence-electron chi connectivity index (χ3n) is 2.29. The topological polar surface area (TPSA) is 48.4 Å². The predicted molar refractivity (Wildman–Crippen MR) is 68.5 cm³/mol. The van der Waals surface area contributed by atoms with E-state index in [1.54, 1.807) is 18.3 Å². The summed E-state index contributed by atoms with van der Waals surface area (Å²) >= 11 is 3.44. The molecule has 0 radical (unpaired) electrons. The van der Waals surface area contributed by atoms with Crippen molar-refractivity contribution in [2.45, 2.75) is 19.4 Å². The van der Waals surface area contributed by atoms with Crippen molar-refractivity contribution in [3.05, 3.63) is 16.1 Å². The van der Waals surface area contributed by atoms with Crippen LogP contribution in [0.4, 0.5) is 0 Å². The Kier molecular flexibility index (Phi) is 4.82. The van der Waals surface area contributed by atoms with E-state index < -0.39 is 0 Å². The lowest BCUT2D eigenvalue weighted by atomic mass is 10.3. The largest absolute Gasteiger partial charge is 0.466 e. The zero-order valence-electron chi connectivity index (χ0n) is 9.68. The fraction of sp³-hybridized carbons (Fsp3) is 0.636. The number of rotatable bonds is 4. The summed E-state index contributed by atoms with van der Waals surface area (Å²) in [4.78, 5) is 15.7. The lowest BCUT2D eigenvalue weighted by molar-refractivity contribution is -0.142. The molecule has 0 saturated carbocycles. The zero-order chi connectivity index (χ0) is 12.1. The van der Waals surface area contributed by atoms with Gasteiger partial charge < -0.3 is 9.47 Å². The van der Waals surface area contributed by atoms with E-state index in [1.807, 2.05) is 17.1 Å². The van der Waals surface area contributed by atoms with E-state index in [1.165, 1.54) is 0 Å². The highest BCUT2D eigenvalue weighted by molar-refractivity contribution is 7.99. The molecule has 0 amide bonds. The molecule has 0 N–H and O–H groups in total. The molecule has 1 aliphatic heterocycles. The maximum absolute atomic E-state index is 11.3. The van der Waals surface area contributed by atoms with E-state index in [9.17, 15) is 4.79 Å². The highest BCUT2D eigenvalue weighted by Crippen LogP contribution is 2.28. The highest BCUT2D eigenvalue weighted by Gasteiger charge is 2.20. The molecule has 1 atom stereocenters. The average Bonchev–Trinajstić information content (AvgIpc) is 2.79. The lowest BCUT2D eigenvalue weighted by Gasteiger charge is -2.19. The molecule has 17 heavy (non-hydrogen) atoms. The van der Waals surface area contributed by atoms with Gasteiger partial charge >= 0.3 is 5.97 Å². The number of hydrogen-bond donors (Lipinski definition) is 0. The van der Waals surface area contributed by atoms with Gasteiger partial charge in [0.2, 0.25) is 0 Å². The van der Waals surface area contributed by atoms with Crippen LogP contribution < -0.4 is 0 Å². The smallest absolute Gasteiger partial charge is 0.311 e. The SMILES string of the molecule is CCOC(=O)Cc1csc(C2CSCCO2)n1. The molecule has 2 heterocycles. The second kappa shape index (κ2) is 6.37. The van der Waals surface area contributed by atoms with Crippen molar-refractivity contribution in [2.24, 2.45) is 0 Å². The van der Waals surface area contributed by atoms with E-state index in [0.717, 1.165) is 28.8 Å². The Balaban J connectivity index is 1.93. The van der Waals surface area contributed by atoms with Crippen LogP contribution in [0.1, 0.15) is 23.7 Å². The van der Waals surface area contributed by atoms with Crippen LogP contribution in [0.3, 0.4) is 0 Å². The van der Waals surface area contributed by atoms with Crippen molar-refractivity contribution in [2.75, 3.05) is 24.7 Å². The Bertz CT molecular complexity index is 375. The lowest BCUT2D eigenvalue weighted by Crippen LogP contribution is -2.15. The molecule has 1 saturated heterocycles. The number of nitrogens with zero attached hydrogens (tertiary/aromatic N) is 1. The first-order chi connectivity index (χ1) is 8.29. The minimum Gasteiger partial charge on any atom is -0.466 e. The van der Waals surface area contributed by atoms with Gasteiger partial charge in [0.25, 0.3) is 0 Å². The van der Waals surface area contributed by atoms with Gasteiger partial charge in [0.05, 0.1) is 25.3 Å². The van der Waals surface area contributed by atoms with Crippen LogP contribution in [0.5, 0.6) is 0 Å². The monoisotopic (exact) mass is 273 g/mol. The Morgan fingerprint density at radius 1 is 1.71 bits per heavy atom. The second-order valence-corrected chi connectivity index (χ2v) is 5.63. The molecule has 0 aromatic carbocycles. The van der Waals surface area contributed by atoms with Crippen molar-refractivity contribution in [1.29, 1.82) is 0 Å². The first-order valence-electron chi connectivity index (χ1n) is 5.59. The minimum absolute atomic E-state index is 0.0923. The molecule has 94 valence electrons. The van der Waals surface area contributed by atoms with Gasteiger partial charge in [-0.05, 0) is 6.92 Å². The fourth-order valence-corrected chi connectivity index (χ4v) is 3.36. The summed E-state index contributed by atoms with van der Waals surface area (Å²) in [5, 5.41) is 2.88. The first-order valence-corrected chi connectivity index (χ1v) is 7.62. The number of thiazole rings is 1. The molecular formula is C11H15NO3S2. The summed E-state index contributed by atoms with van der Waals surface area (Å²) < 4.78 is 10.5. The molecule has 6 heteroatoms. The quantitative estimate of drug-likeness (QED) is 0.786. The summed E-state index contributed by atoms with van der Waals surface area (Å²) in [5.74, 6) is 1.78. The van der Waals surface area contributed by atoms with Crippen LogP contribution in [-0.4, -0.2) is 35.7 Å². The van der Waals surface area contributed by atoms with Crippen LogP contribution in [0.15, 0.2) is 5.38 Å². The Morgan fingerprint density at radius 3 is 3.29 bits per heavy atom. The molecule has 4 nitrogen and oxygen atoms in total. The van der Waals surface area contributed by atoms with E-state index in [-0.39, 0.29) is 18.5 Å².